The van der Waals surface area contributed by atoms with Gasteiger partial charge in [0.15, 0.2) is 0 Å². The highest BCUT2D eigenvalue weighted by molar-refractivity contribution is 7.14. The van der Waals surface area contributed by atoms with Crippen molar-refractivity contribution in [2.75, 3.05) is 12.0 Å². The monoisotopic (exact) mass is 391 g/mol. The van der Waals surface area contributed by atoms with Crippen molar-refractivity contribution in [2.45, 2.75) is 84.1 Å². The lowest BCUT2D eigenvalue weighted by atomic mass is 9.81. The molecule has 5 heteroatoms. The number of thiophene rings is 1. The largest absolute Gasteiger partial charge is 0.465 e. The van der Waals surface area contributed by atoms with E-state index in [4.69, 9.17) is 4.74 Å². The Morgan fingerprint density at radius 3 is 2.22 bits per heavy atom. The molecule has 1 heterocycles. The number of methoxy groups -OCH3 is 1. The summed E-state index contributed by atoms with van der Waals surface area (Å²) in [6.45, 7) is 8.69. The van der Waals surface area contributed by atoms with Gasteiger partial charge in [-0.15, -0.1) is 11.3 Å². The zero-order valence-corrected chi connectivity index (χ0v) is 18.2. The summed E-state index contributed by atoms with van der Waals surface area (Å²) in [7, 11) is 1.42. The first kappa shape index (κ1) is 20.4. The fraction of sp³-hybridized carbons (Fsp3) is 0.727. The van der Waals surface area contributed by atoms with Crippen LogP contribution in [0, 0.1) is 11.8 Å². The van der Waals surface area contributed by atoms with E-state index in [2.05, 4.69) is 33.8 Å². The Kier molecular flexibility index (Phi) is 5.99. The maximum Gasteiger partial charge on any atom is 0.350 e. The molecule has 0 atom stereocenters. The number of anilines is 1. The third-order valence-electron chi connectivity index (χ3n) is 6.12. The summed E-state index contributed by atoms with van der Waals surface area (Å²) in [5.41, 5.74) is 0.713. The minimum atomic E-state index is -0.333. The van der Waals surface area contributed by atoms with Gasteiger partial charge in [0, 0.05) is 16.8 Å². The molecule has 2 aliphatic rings. The molecule has 0 unspecified atom stereocenters. The number of carbonyl (C=O) groups excluding carboxylic acids is 2. The summed E-state index contributed by atoms with van der Waals surface area (Å²) in [6.07, 6.45) is 7.37. The molecular weight excluding hydrogens is 358 g/mol. The molecule has 0 radical (unpaired) electrons. The van der Waals surface area contributed by atoms with Crippen LogP contribution in [-0.2, 0) is 14.9 Å². The van der Waals surface area contributed by atoms with Crippen LogP contribution in [0.2, 0.25) is 0 Å². The molecule has 0 N–H and O–H groups in total. The van der Waals surface area contributed by atoms with E-state index in [0.717, 1.165) is 55.5 Å². The lowest BCUT2D eigenvalue weighted by Gasteiger charge is -2.40. The number of amides is 1. The number of ether oxygens (including phenoxy) is 1. The van der Waals surface area contributed by atoms with Crippen LogP contribution in [0.5, 0.6) is 0 Å². The molecule has 0 aromatic carbocycles. The Morgan fingerprint density at radius 1 is 1.11 bits per heavy atom. The van der Waals surface area contributed by atoms with Gasteiger partial charge in [-0.05, 0) is 62.3 Å². The molecule has 0 spiro atoms. The molecule has 4 nitrogen and oxygen atoms in total. The van der Waals surface area contributed by atoms with Gasteiger partial charge in [-0.3, -0.25) is 4.79 Å². The van der Waals surface area contributed by atoms with Gasteiger partial charge in [0.25, 0.3) is 0 Å². The SMILES string of the molecule is COC(=O)c1sc(C(C)(C)C)cc1N(C(=O)C1CCC(C)CC1)C1CCC1. The maximum absolute atomic E-state index is 13.5. The number of nitrogens with zero attached hydrogens (tertiary/aromatic N) is 1. The highest BCUT2D eigenvalue weighted by Crippen LogP contribution is 2.42. The topological polar surface area (TPSA) is 46.6 Å². The van der Waals surface area contributed by atoms with Crippen molar-refractivity contribution in [1.82, 2.24) is 0 Å². The van der Waals surface area contributed by atoms with Gasteiger partial charge < -0.3 is 9.64 Å². The predicted octanol–water partition coefficient (Wildman–Crippen LogP) is 5.54. The molecule has 3 rings (SSSR count). The quantitative estimate of drug-likeness (QED) is 0.633. The van der Waals surface area contributed by atoms with Crippen LogP contribution in [0.3, 0.4) is 0 Å². The Bertz CT molecular complexity index is 691. The van der Waals surface area contributed by atoms with E-state index >= 15 is 0 Å². The molecule has 150 valence electrons. The number of hydrogen-bond acceptors (Lipinski definition) is 4. The molecule has 1 aromatic rings. The molecule has 0 aliphatic heterocycles. The van der Waals surface area contributed by atoms with E-state index in [0.29, 0.717) is 10.8 Å². The van der Waals surface area contributed by atoms with E-state index < -0.39 is 0 Å². The van der Waals surface area contributed by atoms with E-state index in [1.54, 1.807) is 0 Å². The smallest absolute Gasteiger partial charge is 0.350 e. The lowest BCUT2D eigenvalue weighted by Crippen LogP contribution is -2.48. The van der Waals surface area contributed by atoms with E-state index in [-0.39, 0.29) is 29.3 Å². The second-order valence-corrected chi connectivity index (χ2v) is 10.4. The average molecular weight is 392 g/mol. The molecule has 2 fully saturated rings. The summed E-state index contributed by atoms with van der Waals surface area (Å²) in [5, 5.41) is 0. The van der Waals surface area contributed by atoms with Gasteiger partial charge in [0.05, 0.1) is 12.8 Å². The molecule has 2 saturated carbocycles. The third kappa shape index (κ3) is 4.23. The van der Waals surface area contributed by atoms with Gasteiger partial charge >= 0.3 is 5.97 Å². The second-order valence-electron chi connectivity index (χ2n) is 9.32. The molecular formula is C22H33NO3S. The number of hydrogen-bond donors (Lipinski definition) is 0. The maximum atomic E-state index is 13.5. The zero-order valence-electron chi connectivity index (χ0n) is 17.3. The molecule has 1 aromatic heterocycles. The Balaban J connectivity index is 1.98. The first-order chi connectivity index (χ1) is 12.7. The van der Waals surface area contributed by atoms with Crippen molar-refractivity contribution >= 4 is 28.9 Å². The third-order valence-corrected chi connectivity index (χ3v) is 7.65. The van der Waals surface area contributed by atoms with Gasteiger partial charge in [0.1, 0.15) is 4.88 Å². The van der Waals surface area contributed by atoms with Crippen molar-refractivity contribution in [3.8, 4) is 0 Å². The lowest BCUT2D eigenvalue weighted by molar-refractivity contribution is -0.124. The summed E-state index contributed by atoms with van der Waals surface area (Å²) in [6, 6.07) is 2.29. The Hall–Kier alpha value is -1.36. The summed E-state index contributed by atoms with van der Waals surface area (Å²) < 4.78 is 5.06. The van der Waals surface area contributed by atoms with Crippen LogP contribution in [0.4, 0.5) is 5.69 Å². The van der Waals surface area contributed by atoms with Crippen molar-refractivity contribution in [1.29, 1.82) is 0 Å². The van der Waals surface area contributed by atoms with E-state index in [1.165, 1.54) is 18.4 Å². The van der Waals surface area contributed by atoms with Crippen LogP contribution in [-0.4, -0.2) is 25.0 Å². The first-order valence-electron chi connectivity index (χ1n) is 10.3. The second kappa shape index (κ2) is 7.94. The summed E-state index contributed by atoms with van der Waals surface area (Å²) >= 11 is 1.48. The van der Waals surface area contributed by atoms with Crippen molar-refractivity contribution in [3.05, 3.63) is 15.8 Å². The molecule has 27 heavy (non-hydrogen) atoms. The first-order valence-corrected chi connectivity index (χ1v) is 11.1. The Labute approximate surface area is 167 Å². The van der Waals surface area contributed by atoms with E-state index in [9.17, 15) is 9.59 Å². The zero-order chi connectivity index (χ0) is 19.8. The van der Waals surface area contributed by atoms with Gasteiger partial charge in [-0.1, -0.05) is 27.7 Å². The van der Waals surface area contributed by atoms with Crippen LogP contribution in [0.15, 0.2) is 6.07 Å². The van der Waals surface area contributed by atoms with Crippen molar-refractivity contribution in [3.63, 3.8) is 0 Å². The number of rotatable bonds is 4. The predicted molar refractivity (Wildman–Crippen MR) is 111 cm³/mol. The fourth-order valence-corrected chi connectivity index (χ4v) is 5.14. The molecule has 0 bridgehead atoms. The van der Waals surface area contributed by atoms with Gasteiger partial charge in [-0.2, -0.15) is 0 Å². The van der Waals surface area contributed by atoms with Gasteiger partial charge in [0.2, 0.25) is 5.91 Å². The normalized spacial score (nSPS) is 23.6. The Morgan fingerprint density at radius 2 is 1.74 bits per heavy atom. The molecule has 2 aliphatic carbocycles. The highest BCUT2D eigenvalue weighted by Gasteiger charge is 2.38. The van der Waals surface area contributed by atoms with E-state index in [1.807, 2.05) is 4.90 Å². The minimum Gasteiger partial charge on any atom is -0.465 e. The van der Waals surface area contributed by atoms with Crippen molar-refractivity contribution in [2.24, 2.45) is 11.8 Å². The standard InChI is InChI=1S/C22H33NO3S/c1-14-9-11-15(12-10-14)20(24)23(16-7-6-8-16)17-13-18(22(2,3)4)27-19(17)21(25)26-5/h13-16H,6-12H2,1-5H3. The summed E-state index contributed by atoms with van der Waals surface area (Å²) in [4.78, 5) is 29.7. The minimum absolute atomic E-state index is 0.0692. The number of esters is 1. The van der Waals surface area contributed by atoms with Gasteiger partial charge in [-0.25, -0.2) is 4.79 Å². The van der Waals surface area contributed by atoms with Crippen LogP contribution in [0.25, 0.3) is 0 Å². The molecule has 0 saturated heterocycles. The molecule has 1 amide bonds. The highest BCUT2D eigenvalue weighted by atomic mass is 32.1. The number of carbonyl (C=O) groups is 2. The fourth-order valence-electron chi connectivity index (χ4n) is 4.01. The summed E-state index contributed by atoms with van der Waals surface area (Å²) in [5.74, 6) is 0.686. The van der Waals surface area contributed by atoms with Crippen molar-refractivity contribution < 1.29 is 14.3 Å². The van der Waals surface area contributed by atoms with Crippen LogP contribution >= 0.6 is 11.3 Å². The van der Waals surface area contributed by atoms with Crippen LogP contribution in [0.1, 0.15) is 87.2 Å². The van der Waals surface area contributed by atoms with Crippen LogP contribution < -0.4 is 4.90 Å². The average Bonchev–Trinajstić information content (AvgIpc) is 3.02.